The van der Waals surface area contributed by atoms with Crippen LogP contribution < -0.4 is 0 Å². The molecule has 0 amide bonds. The van der Waals surface area contributed by atoms with Crippen molar-refractivity contribution in [2.24, 2.45) is 0 Å². The molecule has 1 aromatic rings. The van der Waals surface area contributed by atoms with Gasteiger partial charge in [0.25, 0.3) is 0 Å². The second-order valence-corrected chi connectivity index (χ2v) is 4.65. The summed E-state index contributed by atoms with van der Waals surface area (Å²) in [5.41, 5.74) is 1.77. The minimum atomic E-state index is -0.325. The molecule has 0 saturated carbocycles. The molecule has 1 atom stereocenters. The Kier molecular flexibility index (Phi) is 2.39. The van der Waals surface area contributed by atoms with Crippen LogP contribution in [0.25, 0.3) is 0 Å². The molecule has 0 N–H and O–H groups in total. The summed E-state index contributed by atoms with van der Waals surface area (Å²) in [6.07, 6.45) is 1.91. The van der Waals surface area contributed by atoms with Crippen molar-refractivity contribution in [1.29, 1.82) is 0 Å². The zero-order valence-electron chi connectivity index (χ0n) is 9.58. The van der Waals surface area contributed by atoms with Crippen molar-refractivity contribution in [2.75, 3.05) is 14.1 Å². The average molecular weight is 203 g/mol. The number of hydrogen-bond acceptors (Lipinski definition) is 2. The van der Waals surface area contributed by atoms with E-state index in [-0.39, 0.29) is 11.3 Å². The summed E-state index contributed by atoms with van der Waals surface area (Å²) in [6.45, 7) is 2.03. The van der Waals surface area contributed by atoms with Crippen molar-refractivity contribution in [3.8, 4) is 0 Å². The third-order valence-corrected chi connectivity index (χ3v) is 3.62. The van der Waals surface area contributed by atoms with Crippen LogP contribution in [0.2, 0.25) is 0 Å². The van der Waals surface area contributed by atoms with Crippen molar-refractivity contribution in [3.05, 3.63) is 35.4 Å². The second-order valence-electron chi connectivity index (χ2n) is 4.65. The highest BCUT2D eigenvalue weighted by Gasteiger charge is 2.39. The van der Waals surface area contributed by atoms with E-state index in [1.54, 1.807) is 0 Å². The molecule has 2 heteroatoms. The molecule has 0 radical (unpaired) electrons. The monoisotopic (exact) mass is 203 g/mol. The highest BCUT2D eigenvalue weighted by atomic mass is 16.1. The highest BCUT2D eigenvalue weighted by molar-refractivity contribution is 6.05. The van der Waals surface area contributed by atoms with Crippen LogP contribution >= 0.6 is 0 Å². The van der Waals surface area contributed by atoms with Crippen LogP contribution in [0.1, 0.15) is 29.3 Å². The molecule has 0 aliphatic heterocycles. The summed E-state index contributed by atoms with van der Waals surface area (Å²) in [7, 11) is 3.96. The molecule has 80 valence electrons. The van der Waals surface area contributed by atoms with E-state index in [1.165, 1.54) is 5.56 Å². The summed E-state index contributed by atoms with van der Waals surface area (Å²) in [5, 5.41) is 0. The molecule has 2 nitrogen and oxygen atoms in total. The van der Waals surface area contributed by atoms with E-state index >= 15 is 0 Å². The van der Waals surface area contributed by atoms with E-state index in [0.29, 0.717) is 0 Å². The normalized spacial score (nSPS) is 25.5. The van der Waals surface area contributed by atoms with E-state index in [0.717, 1.165) is 18.4 Å². The molecule has 1 aromatic carbocycles. The smallest absolute Gasteiger partial charge is 0.183 e. The van der Waals surface area contributed by atoms with Crippen LogP contribution in [0.4, 0.5) is 0 Å². The lowest BCUT2D eigenvalue weighted by Gasteiger charge is -2.38. The fourth-order valence-corrected chi connectivity index (χ4v) is 2.17. The van der Waals surface area contributed by atoms with Crippen LogP contribution in [0.3, 0.4) is 0 Å². The quantitative estimate of drug-likeness (QED) is 0.697. The summed E-state index contributed by atoms with van der Waals surface area (Å²) >= 11 is 0. The minimum Gasteiger partial charge on any atom is -0.297 e. The lowest BCUT2D eigenvalue weighted by atomic mass is 9.77. The van der Waals surface area contributed by atoms with Gasteiger partial charge in [-0.15, -0.1) is 0 Å². The third-order valence-electron chi connectivity index (χ3n) is 3.62. The minimum absolute atomic E-state index is 0.259. The maximum atomic E-state index is 12.3. The molecule has 2 rings (SSSR count). The number of Topliss-reactive ketones (excluding diaryl/α,β-unsaturated/α-hetero) is 1. The molecule has 0 aromatic heterocycles. The maximum Gasteiger partial charge on any atom is 0.183 e. The Morgan fingerprint density at radius 3 is 2.60 bits per heavy atom. The molecule has 1 aliphatic carbocycles. The Balaban J connectivity index is 2.46. The first kappa shape index (κ1) is 10.4. The van der Waals surface area contributed by atoms with Gasteiger partial charge in [-0.3, -0.25) is 9.69 Å². The maximum absolute atomic E-state index is 12.3. The number of aryl methyl sites for hydroxylation is 1. The Labute approximate surface area is 90.9 Å². The molecular formula is C13H17NO. The van der Waals surface area contributed by atoms with E-state index in [2.05, 4.69) is 6.07 Å². The largest absolute Gasteiger partial charge is 0.297 e. The SMILES string of the molecule is CN(C)[C@]1(C)CCc2ccccc2C1=O. The van der Waals surface area contributed by atoms with E-state index in [9.17, 15) is 4.79 Å². The van der Waals surface area contributed by atoms with Crippen LogP contribution in [0.5, 0.6) is 0 Å². The number of hydrogen-bond donors (Lipinski definition) is 0. The van der Waals surface area contributed by atoms with Gasteiger partial charge >= 0.3 is 0 Å². The predicted octanol–water partition coefficient (Wildman–Crippen LogP) is 2.14. The fourth-order valence-electron chi connectivity index (χ4n) is 2.17. The van der Waals surface area contributed by atoms with Crippen molar-refractivity contribution in [2.45, 2.75) is 25.3 Å². The standard InChI is InChI=1S/C13H17NO/c1-13(14(2)3)9-8-10-6-4-5-7-11(10)12(13)15/h4-7H,8-9H2,1-3H3/t13-/m1/s1. The van der Waals surface area contributed by atoms with Crippen molar-refractivity contribution >= 4 is 5.78 Å². The fraction of sp³-hybridized carbons (Fsp3) is 0.462. The number of carbonyl (C=O) groups excluding carboxylic acids is 1. The first-order valence-corrected chi connectivity index (χ1v) is 5.36. The Hall–Kier alpha value is -1.15. The highest BCUT2D eigenvalue weighted by Crippen LogP contribution is 2.31. The van der Waals surface area contributed by atoms with Gasteiger partial charge in [-0.2, -0.15) is 0 Å². The van der Waals surface area contributed by atoms with Gasteiger partial charge in [0, 0.05) is 5.56 Å². The van der Waals surface area contributed by atoms with Gasteiger partial charge in [0.15, 0.2) is 5.78 Å². The molecular weight excluding hydrogens is 186 g/mol. The van der Waals surface area contributed by atoms with Gasteiger partial charge in [0.05, 0.1) is 5.54 Å². The van der Waals surface area contributed by atoms with Gasteiger partial charge in [0.1, 0.15) is 0 Å². The van der Waals surface area contributed by atoms with Gasteiger partial charge in [-0.25, -0.2) is 0 Å². The number of likely N-dealkylation sites (N-methyl/N-ethyl adjacent to an activating group) is 1. The molecule has 0 unspecified atom stereocenters. The molecule has 1 aliphatic rings. The summed E-state index contributed by atoms with van der Waals surface area (Å²) in [4.78, 5) is 14.4. The van der Waals surface area contributed by atoms with Gasteiger partial charge in [0.2, 0.25) is 0 Å². The van der Waals surface area contributed by atoms with Gasteiger partial charge in [-0.05, 0) is 39.4 Å². The topological polar surface area (TPSA) is 20.3 Å². The summed E-state index contributed by atoms with van der Waals surface area (Å²) in [5.74, 6) is 0.259. The molecule has 0 bridgehead atoms. The van der Waals surface area contributed by atoms with E-state index in [1.807, 2.05) is 44.1 Å². The number of fused-ring (bicyclic) bond motifs is 1. The number of carbonyl (C=O) groups is 1. The Bertz CT molecular complexity index is 397. The molecule has 0 heterocycles. The van der Waals surface area contributed by atoms with Crippen molar-refractivity contribution in [3.63, 3.8) is 0 Å². The van der Waals surface area contributed by atoms with Crippen LogP contribution in [0, 0.1) is 0 Å². The van der Waals surface area contributed by atoms with Crippen molar-refractivity contribution < 1.29 is 4.79 Å². The third kappa shape index (κ3) is 1.49. The van der Waals surface area contributed by atoms with E-state index in [4.69, 9.17) is 0 Å². The molecule has 0 fully saturated rings. The lowest BCUT2D eigenvalue weighted by Crippen LogP contribution is -2.51. The predicted molar refractivity (Wildman–Crippen MR) is 61.2 cm³/mol. The number of benzene rings is 1. The molecule has 15 heavy (non-hydrogen) atoms. The lowest BCUT2D eigenvalue weighted by molar-refractivity contribution is 0.0679. The first-order valence-electron chi connectivity index (χ1n) is 5.36. The number of ketones is 1. The number of nitrogens with zero attached hydrogens (tertiary/aromatic N) is 1. The molecule has 0 saturated heterocycles. The zero-order chi connectivity index (χ0) is 11.1. The molecule has 0 spiro atoms. The van der Waals surface area contributed by atoms with Gasteiger partial charge < -0.3 is 0 Å². The van der Waals surface area contributed by atoms with E-state index < -0.39 is 0 Å². The zero-order valence-corrected chi connectivity index (χ0v) is 9.58. The van der Waals surface area contributed by atoms with Crippen LogP contribution in [-0.2, 0) is 6.42 Å². The van der Waals surface area contributed by atoms with Crippen LogP contribution in [0.15, 0.2) is 24.3 Å². The van der Waals surface area contributed by atoms with Crippen molar-refractivity contribution in [1.82, 2.24) is 4.90 Å². The Morgan fingerprint density at radius 1 is 1.27 bits per heavy atom. The number of rotatable bonds is 1. The second kappa shape index (κ2) is 3.46. The Morgan fingerprint density at radius 2 is 1.93 bits per heavy atom. The first-order chi connectivity index (χ1) is 7.05. The summed E-state index contributed by atoms with van der Waals surface area (Å²) in [6, 6.07) is 7.95. The van der Waals surface area contributed by atoms with Gasteiger partial charge in [-0.1, -0.05) is 24.3 Å². The average Bonchev–Trinajstić information content (AvgIpc) is 2.24. The van der Waals surface area contributed by atoms with Crippen LogP contribution in [-0.4, -0.2) is 30.3 Å². The summed E-state index contributed by atoms with van der Waals surface area (Å²) < 4.78 is 0.